The summed E-state index contributed by atoms with van der Waals surface area (Å²) in [6, 6.07) is 2.98. The minimum atomic E-state index is -3.60. The molecular weight excluding hydrogens is 264 g/mol. The van der Waals surface area contributed by atoms with Crippen LogP contribution in [0.4, 0.5) is 0 Å². The zero-order valence-corrected chi connectivity index (χ0v) is 11.9. The Kier molecular flexibility index (Phi) is 4.70. The first-order chi connectivity index (χ1) is 8.83. The van der Waals surface area contributed by atoms with Crippen LogP contribution >= 0.6 is 0 Å². The summed E-state index contributed by atoms with van der Waals surface area (Å²) in [5.41, 5.74) is 1.61. The summed E-state index contributed by atoms with van der Waals surface area (Å²) in [6.45, 7) is 3.55. The Morgan fingerprint density at radius 3 is 2.53 bits per heavy atom. The van der Waals surface area contributed by atoms with Gasteiger partial charge in [-0.1, -0.05) is 5.92 Å². The van der Waals surface area contributed by atoms with Crippen molar-refractivity contribution in [2.75, 3.05) is 13.6 Å². The lowest BCUT2D eigenvalue weighted by molar-refractivity contribution is 0.0958. The highest BCUT2D eigenvalue weighted by Crippen LogP contribution is 2.20. The number of hydrogen-bond acceptors (Lipinski definition) is 3. The summed E-state index contributed by atoms with van der Waals surface area (Å²) < 4.78 is 26.0. The van der Waals surface area contributed by atoms with E-state index in [1.807, 2.05) is 0 Å². The van der Waals surface area contributed by atoms with Gasteiger partial charge in [0.05, 0.1) is 11.4 Å². The van der Waals surface area contributed by atoms with Gasteiger partial charge in [0.1, 0.15) is 0 Å². The van der Waals surface area contributed by atoms with E-state index in [-0.39, 0.29) is 17.0 Å². The fraction of sp³-hybridized carbons (Fsp3) is 0.308. The molecule has 1 aromatic carbocycles. The van der Waals surface area contributed by atoms with Gasteiger partial charge < -0.3 is 5.32 Å². The van der Waals surface area contributed by atoms with Crippen LogP contribution in [0.25, 0.3) is 0 Å². The molecule has 1 rings (SSSR count). The molecule has 0 saturated carbocycles. The number of carbonyl (C=O) groups is 1. The molecule has 0 aliphatic carbocycles. The first kappa shape index (κ1) is 15.2. The SMILES string of the molecule is C#CCNC(=O)c1cc(C)c(C)c(S(=O)(=O)NC)c1. The average molecular weight is 280 g/mol. The maximum absolute atomic E-state index is 11.9. The number of hydrogen-bond donors (Lipinski definition) is 2. The highest BCUT2D eigenvalue weighted by Gasteiger charge is 2.19. The molecule has 0 heterocycles. The molecule has 102 valence electrons. The Bertz CT molecular complexity index is 643. The van der Waals surface area contributed by atoms with E-state index < -0.39 is 15.9 Å². The number of nitrogens with one attached hydrogen (secondary N) is 2. The van der Waals surface area contributed by atoms with E-state index in [9.17, 15) is 13.2 Å². The molecule has 19 heavy (non-hydrogen) atoms. The fourth-order valence-electron chi connectivity index (χ4n) is 1.58. The van der Waals surface area contributed by atoms with Crippen molar-refractivity contribution in [1.82, 2.24) is 10.0 Å². The number of amides is 1. The van der Waals surface area contributed by atoms with Crippen LogP contribution < -0.4 is 10.0 Å². The Hall–Kier alpha value is -1.84. The van der Waals surface area contributed by atoms with Crippen molar-refractivity contribution in [3.63, 3.8) is 0 Å². The van der Waals surface area contributed by atoms with Crippen LogP contribution in [0.1, 0.15) is 21.5 Å². The highest BCUT2D eigenvalue weighted by atomic mass is 32.2. The zero-order chi connectivity index (χ0) is 14.6. The number of carbonyl (C=O) groups excluding carboxylic acids is 1. The van der Waals surface area contributed by atoms with Crippen molar-refractivity contribution in [2.24, 2.45) is 0 Å². The van der Waals surface area contributed by atoms with E-state index in [0.29, 0.717) is 5.56 Å². The molecule has 0 fully saturated rings. The van der Waals surface area contributed by atoms with Gasteiger partial charge in [-0.05, 0) is 44.2 Å². The topological polar surface area (TPSA) is 75.3 Å². The lowest BCUT2D eigenvalue weighted by atomic mass is 10.1. The van der Waals surface area contributed by atoms with E-state index in [1.165, 1.54) is 13.1 Å². The highest BCUT2D eigenvalue weighted by molar-refractivity contribution is 7.89. The maximum Gasteiger partial charge on any atom is 0.252 e. The number of terminal acetylenes is 1. The van der Waals surface area contributed by atoms with Crippen molar-refractivity contribution in [3.05, 3.63) is 28.8 Å². The number of sulfonamides is 1. The number of rotatable bonds is 4. The van der Waals surface area contributed by atoms with E-state index in [0.717, 1.165) is 5.56 Å². The van der Waals surface area contributed by atoms with E-state index in [1.54, 1.807) is 19.9 Å². The summed E-state index contributed by atoms with van der Waals surface area (Å²) in [6.07, 6.45) is 5.06. The summed E-state index contributed by atoms with van der Waals surface area (Å²) in [4.78, 5) is 11.9. The van der Waals surface area contributed by atoms with Gasteiger partial charge >= 0.3 is 0 Å². The Morgan fingerprint density at radius 1 is 1.37 bits per heavy atom. The van der Waals surface area contributed by atoms with Crippen molar-refractivity contribution < 1.29 is 13.2 Å². The zero-order valence-electron chi connectivity index (χ0n) is 11.1. The minimum Gasteiger partial charge on any atom is -0.341 e. The van der Waals surface area contributed by atoms with Crippen molar-refractivity contribution >= 4 is 15.9 Å². The van der Waals surface area contributed by atoms with Crippen molar-refractivity contribution in [2.45, 2.75) is 18.7 Å². The van der Waals surface area contributed by atoms with Gasteiger partial charge in [-0.25, -0.2) is 13.1 Å². The van der Waals surface area contributed by atoms with Gasteiger partial charge in [0, 0.05) is 5.56 Å². The summed E-state index contributed by atoms with van der Waals surface area (Å²) in [7, 11) is -2.27. The molecule has 0 spiro atoms. The normalized spacial score (nSPS) is 10.8. The molecule has 0 bridgehead atoms. The molecule has 1 amide bonds. The molecule has 2 N–H and O–H groups in total. The van der Waals surface area contributed by atoms with Gasteiger partial charge in [-0.15, -0.1) is 6.42 Å². The van der Waals surface area contributed by atoms with E-state index in [2.05, 4.69) is 16.0 Å². The van der Waals surface area contributed by atoms with E-state index in [4.69, 9.17) is 6.42 Å². The van der Waals surface area contributed by atoms with Gasteiger partial charge in [-0.2, -0.15) is 0 Å². The Balaban J connectivity index is 3.33. The van der Waals surface area contributed by atoms with Gasteiger partial charge in [0.2, 0.25) is 10.0 Å². The van der Waals surface area contributed by atoms with Crippen molar-refractivity contribution in [1.29, 1.82) is 0 Å². The summed E-state index contributed by atoms with van der Waals surface area (Å²) in [5.74, 6) is 1.89. The van der Waals surface area contributed by atoms with Crippen LogP contribution in [-0.2, 0) is 10.0 Å². The molecule has 5 nitrogen and oxygen atoms in total. The second kappa shape index (κ2) is 5.87. The molecule has 0 radical (unpaired) electrons. The molecule has 0 atom stereocenters. The largest absolute Gasteiger partial charge is 0.341 e. The first-order valence-corrected chi connectivity index (χ1v) is 7.08. The quantitative estimate of drug-likeness (QED) is 0.792. The number of aryl methyl sites for hydroxylation is 1. The Labute approximate surface area is 113 Å². The molecule has 0 unspecified atom stereocenters. The summed E-state index contributed by atoms with van der Waals surface area (Å²) in [5, 5.41) is 2.50. The lowest BCUT2D eigenvalue weighted by Gasteiger charge is -2.11. The predicted molar refractivity (Wildman–Crippen MR) is 73.3 cm³/mol. The molecule has 6 heteroatoms. The van der Waals surface area contributed by atoms with Crippen molar-refractivity contribution in [3.8, 4) is 12.3 Å². The molecular formula is C13H16N2O3S. The lowest BCUT2D eigenvalue weighted by Crippen LogP contribution is -2.25. The molecule has 0 aromatic heterocycles. The fourth-order valence-corrected chi connectivity index (χ4v) is 2.65. The van der Waals surface area contributed by atoms with Crippen LogP contribution in [0.15, 0.2) is 17.0 Å². The third kappa shape index (κ3) is 3.34. The summed E-state index contributed by atoms with van der Waals surface area (Å²) >= 11 is 0. The van der Waals surface area contributed by atoms with Crippen LogP contribution in [0.3, 0.4) is 0 Å². The maximum atomic E-state index is 11.9. The van der Waals surface area contributed by atoms with Gasteiger partial charge in [0.25, 0.3) is 5.91 Å². The molecule has 1 aromatic rings. The second-order valence-electron chi connectivity index (χ2n) is 4.01. The first-order valence-electron chi connectivity index (χ1n) is 5.60. The van der Waals surface area contributed by atoms with E-state index >= 15 is 0 Å². The van der Waals surface area contributed by atoms with Crippen LogP contribution in [0.5, 0.6) is 0 Å². The predicted octanol–water partition coefficient (Wildman–Crippen LogP) is 0.575. The van der Waals surface area contributed by atoms with Crippen LogP contribution in [0.2, 0.25) is 0 Å². The molecule has 0 saturated heterocycles. The second-order valence-corrected chi connectivity index (χ2v) is 5.87. The minimum absolute atomic E-state index is 0.0971. The smallest absolute Gasteiger partial charge is 0.252 e. The van der Waals surface area contributed by atoms with Gasteiger partial charge in [0.15, 0.2) is 0 Å². The third-order valence-electron chi connectivity index (χ3n) is 2.79. The average Bonchev–Trinajstić information content (AvgIpc) is 2.38. The molecule has 0 aliphatic heterocycles. The number of benzene rings is 1. The monoisotopic (exact) mass is 280 g/mol. The standard InChI is InChI=1S/C13H16N2O3S/c1-5-6-15-13(16)11-7-9(2)10(3)12(8-11)19(17,18)14-4/h1,7-8,14H,6H2,2-4H3,(H,15,16). The third-order valence-corrected chi connectivity index (χ3v) is 4.33. The van der Waals surface area contributed by atoms with Gasteiger partial charge in [-0.3, -0.25) is 4.79 Å². The van der Waals surface area contributed by atoms with Crippen LogP contribution in [-0.4, -0.2) is 27.9 Å². The Morgan fingerprint density at radius 2 is 2.00 bits per heavy atom. The molecule has 0 aliphatic rings. The van der Waals surface area contributed by atoms with Crippen LogP contribution in [0, 0.1) is 26.2 Å².